The highest BCUT2D eigenvalue weighted by Gasteiger charge is 2.18. The molecule has 2 amide bonds. The summed E-state index contributed by atoms with van der Waals surface area (Å²) in [7, 11) is 1.59. The molecule has 5 heteroatoms. The summed E-state index contributed by atoms with van der Waals surface area (Å²) in [6, 6.07) is 6.91. The van der Waals surface area contributed by atoms with Gasteiger partial charge in [-0.1, -0.05) is 6.92 Å². The van der Waals surface area contributed by atoms with Gasteiger partial charge >= 0.3 is 0 Å². The average molecular weight is 289 g/mol. The smallest absolute Gasteiger partial charge is 0.251 e. The van der Waals surface area contributed by atoms with Crippen LogP contribution in [0.5, 0.6) is 0 Å². The van der Waals surface area contributed by atoms with E-state index in [-0.39, 0.29) is 11.8 Å². The van der Waals surface area contributed by atoms with Crippen LogP contribution in [0.25, 0.3) is 0 Å². The van der Waals surface area contributed by atoms with Crippen molar-refractivity contribution in [2.75, 3.05) is 32.0 Å². The molecule has 1 aromatic carbocycles. The van der Waals surface area contributed by atoms with Crippen molar-refractivity contribution in [2.24, 2.45) is 5.92 Å². The number of hydrogen-bond acceptors (Lipinski definition) is 3. The molecule has 5 nitrogen and oxygen atoms in total. The van der Waals surface area contributed by atoms with Gasteiger partial charge in [0.1, 0.15) is 0 Å². The van der Waals surface area contributed by atoms with Crippen LogP contribution in [0.2, 0.25) is 0 Å². The van der Waals surface area contributed by atoms with Crippen molar-refractivity contribution >= 4 is 17.5 Å². The fourth-order valence-electron chi connectivity index (χ4n) is 2.68. The maximum atomic E-state index is 12.0. The number of nitrogens with zero attached hydrogens (tertiary/aromatic N) is 1. The first-order chi connectivity index (χ1) is 10.1. The Kier molecular flexibility index (Phi) is 5.33. The van der Waals surface area contributed by atoms with Crippen molar-refractivity contribution in [1.29, 1.82) is 0 Å². The molecule has 114 valence electrons. The molecule has 1 aromatic rings. The van der Waals surface area contributed by atoms with Crippen LogP contribution in [0, 0.1) is 5.92 Å². The molecule has 0 aromatic heterocycles. The number of piperidine rings is 1. The van der Waals surface area contributed by atoms with E-state index in [1.807, 2.05) is 0 Å². The highest BCUT2D eigenvalue weighted by molar-refractivity contribution is 5.96. The van der Waals surface area contributed by atoms with E-state index in [0.29, 0.717) is 18.0 Å². The molecule has 21 heavy (non-hydrogen) atoms. The van der Waals surface area contributed by atoms with Crippen LogP contribution in [0.4, 0.5) is 5.69 Å². The lowest BCUT2D eigenvalue weighted by Crippen LogP contribution is -2.39. The van der Waals surface area contributed by atoms with Gasteiger partial charge in [-0.15, -0.1) is 0 Å². The van der Waals surface area contributed by atoms with Crippen LogP contribution in [0.1, 0.15) is 30.1 Å². The molecule has 1 aliphatic heterocycles. The number of anilines is 1. The number of carbonyl (C=O) groups is 2. The van der Waals surface area contributed by atoms with Gasteiger partial charge in [0.2, 0.25) is 5.91 Å². The Morgan fingerprint density at radius 1 is 1.29 bits per heavy atom. The Labute approximate surface area is 125 Å². The number of amides is 2. The number of rotatable bonds is 4. The minimum absolute atomic E-state index is 0.00297. The average Bonchev–Trinajstić information content (AvgIpc) is 2.47. The number of nitrogens with one attached hydrogen (secondary N) is 2. The van der Waals surface area contributed by atoms with E-state index in [0.717, 1.165) is 25.2 Å². The normalized spacial score (nSPS) is 19.0. The molecular formula is C16H23N3O2. The van der Waals surface area contributed by atoms with E-state index in [4.69, 9.17) is 0 Å². The van der Waals surface area contributed by atoms with E-state index in [2.05, 4.69) is 22.5 Å². The molecule has 1 saturated heterocycles. The van der Waals surface area contributed by atoms with Crippen LogP contribution in [0.15, 0.2) is 24.3 Å². The van der Waals surface area contributed by atoms with Crippen LogP contribution in [0.3, 0.4) is 0 Å². The molecular weight excluding hydrogens is 266 g/mol. The fourth-order valence-corrected chi connectivity index (χ4v) is 2.68. The zero-order chi connectivity index (χ0) is 15.2. The zero-order valence-electron chi connectivity index (χ0n) is 12.7. The SMILES string of the molecule is CNC(=O)c1ccc(NC(=O)CN2CCC[C@H](C)C2)cc1. The Hall–Kier alpha value is -1.88. The summed E-state index contributed by atoms with van der Waals surface area (Å²) in [5.41, 5.74) is 1.30. The van der Waals surface area contributed by atoms with E-state index < -0.39 is 0 Å². The summed E-state index contributed by atoms with van der Waals surface area (Å²) in [6.07, 6.45) is 2.41. The molecule has 2 N–H and O–H groups in total. The van der Waals surface area contributed by atoms with E-state index >= 15 is 0 Å². The van der Waals surface area contributed by atoms with Gasteiger partial charge in [-0.2, -0.15) is 0 Å². The van der Waals surface area contributed by atoms with Crippen molar-refractivity contribution in [1.82, 2.24) is 10.2 Å². The Morgan fingerprint density at radius 2 is 2.00 bits per heavy atom. The summed E-state index contributed by atoms with van der Waals surface area (Å²) in [5, 5.41) is 5.44. The molecule has 1 fully saturated rings. The van der Waals surface area contributed by atoms with Crippen LogP contribution >= 0.6 is 0 Å². The van der Waals surface area contributed by atoms with Crippen molar-refractivity contribution in [3.63, 3.8) is 0 Å². The quantitative estimate of drug-likeness (QED) is 0.887. The summed E-state index contributed by atoms with van der Waals surface area (Å²) in [5.74, 6) is 0.533. The van der Waals surface area contributed by atoms with Gasteiger partial charge in [-0.3, -0.25) is 14.5 Å². The first-order valence-corrected chi connectivity index (χ1v) is 7.43. The number of likely N-dealkylation sites (tertiary alicyclic amines) is 1. The standard InChI is InChI=1S/C16H23N3O2/c1-12-4-3-9-19(10-12)11-15(20)18-14-7-5-13(6-8-14)16(21)17-2/h5-8,12H,3-4,9-11H2,1-2H3,(H,17,21)(H,18,20)/t12-/m0/s1. The molecule has 2 rings (SSSR count). The van der Waals surface area contributed by atoms with Crippen molar-refractivity contribution in [3.05, 3.63) is 29.8 Å². The Balaban J connectivity index is 1.86. The summed E-state index contributed by atoms with van der Waals surface area (Å²) in [6.45, 7) is 4.64. The zero-order valence-corrected chi connectivity index (χ0v) is 12.7. The molecule has 1 aliphatic rings. The van der Waals surface area contributed by atoms with Crippen molar-refractivity contribution in [3.8, 4) is 0 Å². The molecule has 0 unspecified atom stereocenters. The third kappa shape index (κ3) is 4.56. The number of carbonyl (C=O) groups excluding carboxylic acids is 2. The molecule has 1 atom stereocenters. The van der Waals surface area contributed by atoms with Gasteiger partial charge in [0.25, 0.3) is 5.91 Å². The van der Waals surface area contributed by atoms with Gasteiger partial charge in [0, 0.05) is 24.8 Å². The predicted molar refractivity (Wildman–Crippen MR) is 83.3 cm³/mol. The molecule has 1 heterocycles. The summed E-state index contributed by atoms with van der Waals surface area (Å²) in [4.78, 5) is 25.7. The number of hydrogen-bond donors (Lipinski definition) is 2. The lowest BCUT2D eigenvalue weighted by molar-refractivity contribution is -0.117. The van der Waals surface area contributed by atoms with Gasteiger partial charge in [0.05, 0.1) is 6.54 Å². The highest BCUT2D eigenvalue weighted by Crippen LogP contribution is 2.15. The lowest BCUT2D eigenvalue weighted by Gasteiger charge is -2.30. The van der Waals surface area contributed by atoms with Gasteiger partial charge in [0.15, 0.2) is 0 Å². The van der Waals surface area contributed by atoms with Crippen LogP contribution < -0.4 is 10.6 Å². The lowest BCUT2D eigenvalue weighted by atomic mass is 10.0. The van der Waals surface area contributed by atoms with Gasteiger partial charge in [-0.25, -0.2) is 0 Å². The third-order valence-corrected chi connectivity index (χ3v) is 3.77. The van der Waals surface area contributed by atoms with E-state index in [1.54, 1.807) is 31.3 Å². The predicted octanol–water partition coefficient (Wildman–Crippen LogP) is 1.72. The summed E-state index contributed by atoms with van der Waals surface area (Å²) < 4.78 is 0. The minimum atomic E-state index is -0.129. The number of benzene rings is 1. The van der Waals surface area contributed by atoms with Crippen LogP contribution in [-0.4, -0.2) is 43.4 Å². The maximum absolute atomic E-state index is 12.0. The second-order valence-electron chi connectivity index (χ2n) is 5.69. The Bertz CT molecular complexity index is 499. The van der Waals surface area contributed by atoms with Crippen LogP contribution in [-0.2, 0) is 4.79 Å². The van der Waals surface area contributed by atoms with E-state index in [1.165, 1.54) is 6.42 Å². The second kappa shape index (κ2) is 7.22. The van der Waals surface area contributed by atoms with Crippen molar-refractivity contribution < 1.29 is 9.59 Å². The topological polar surface area (TPSA) is 61.4 Å². The first-order valence-electron chi connectivity index (χ1n) is 7.43. The molecule has 0 spiro atoms. The van der Waals surface area contributed by atoms with E-state index in [9.17, 15) is 9.59 Å². The maximum Gasteiger partial charge on any atom is 0.251 e. The molecule has 0 bridgehead atoms. The molecule has 0 aliphatic carbocycles. The van der Waals surface area contributed by atoms with Crippen molar-refractivity contribution in [2.45, 2.75) is 19.8 Å². The monoisotopic (exact) mass is 289 g/mol. The van der Waals surface area contributed by atoms with Gasteiger partial charge in [-0.05, 0) is 49.6 Å². The first kappa shape index (κ1) is 15.5. The summed E-state index contributed by atoms with van der Waals surface area (Å²) >= 11 is 0. The highest BCUT2D eigenvalue weighted by atomic mass is 16.2. The third-order valence-electron chi connectivity index (χ3n) is 3.77. The fraction of sp³-hybridized carbons (Fsp3) is 0.500. The second-order valence-corrected chi connectivity index (χ2v) is 5.69. The Morgan fingerprint density at radius 3 is 2.62 bits per heavy atom. The minimum Gasteiger partial charge on any atom is -0.355 e. The molecule has 0 radical (unpaired) electrons. The molecule has 0 saturated carbocycles. The van der Waals surface area contributed by atoms with Gasteiger partial charge < -0.3 is 10.6 Å². The largest absolute Gasteiger partial charge is 0.355 e.